The molecule has 2 aromatic heterocycles. The lowest BCUT2D eigenvalue weighted by molar-refractivity contribution is 1.04. The van der Waals surface area contributed by atoms with E-state index < -0.39 is 0 Å². The predicted octanol–water partition coefficient (Wildman–Crippen LogP) is 1.79. The minimum Gasteiger partial charge on any atom is -0.246 e. The molecule has 2 heterocycles. The Kier molecular flexibility index (Phi) is 1.68. The maximum Gasteiger partial charge on any atom is 0.348 e. The number of aromatic nitrogens is 3. The second kappa shape index (κ2) is 2.95. The van der Waals surface area contributed by atoms with E-state index >= 15 is 0 Å². The molecule has 0 spiro atoms. The number of aryl methyl sites for hydroxylation is 2. The molecule has 0 saturated carbocycles. The monoisotopic (exact) mass is 213 g/mol. The highest BCUT2D eigenvalue weighted by atomic mass is 16.1. The van der Waals surface area contributed by atoms with Crippen LogP contribution in [-0.4, -0.2) is 14.6 Å². The van der Waals surface area contributed by atoms with Crippen molar-refractivity contribution in [3.63, 3.8) is 0 Å². The Labute approximate surface area is 91.5 Å². The summed E-state index contributed by atoms with van der Waals surface area (Å²) in [5.41, 5.74) is 3.54. The molecule has 0 aliphatic heterocycles. The molecule has 3 aromatic rings. The van der Waals surface area contributed by atoms with E-state index in [4.69, 9.17) is 0 Å². The van der Waals surface area contributed by atoms with Gasteiger partial charge in [0.1, 0.15) is 0 Å². The lowest BCUT2D eigenvalue weighted by Gasteiger charge is -2.04. The van der Waals surface area contributed by atoms with Crippen LogP contribution >= 0.6 is 0 Å². The van der Waals surface area contributed by atoms with E-state index in [1.54, 1.807) is 4.40 Å². The van der Waals surface area contributed by atoms with Crippen molar-refractivity contribution < 1.29 is 0 Å². The van der Waals surface area contributed by atoms with Gasteiger partial charge in [0, 0.05) is 0 Å². The normalized spacial score (nSPS) is 11.4. The highest BCUT2D eigenvalue weighted by molar-refractivity contribution is 5.83. The Morgan fingerprint density at radius 2 is 2.06 bits per heavy atom. The molecule has 0 atom stereocenters. The zero-order chi connectivity index (χ0) is 11.3. The topological polar surface area (TPSA) is 50.2 Å². The van der Waals surface area contributed by atoms with Gasteiger partial charge in [-0.2, -0.15) is 5.10 Å². The summed E-state index contributed by atoms with van der Waals surface area (Å²) in [6.45, 7) is 3.96. The summed E-state index contributed by atoms with van der Waals surface area (Å²) in [7, 11) is 0. The van der Waals surface area contributed by atoms with Crippen LogP contribution in [0.2, 0.25) is 0 Å². The van der Waals surface area contributed by atoms with Crippen LogP contribution in [0.1, 0.15) is 11.1 Å². The first-order valence-electron chi connectivity index (χ1n) is 5.14. The van der Waals surface area contributed by atoms with Gasteiger partial charge in [0.25, 0.3) is 0 Å². The fourth-order valence-corrected chi connectivity index (χ4v) is 2.05. The third-order valence-corrected chi connectivity index (χ3v) is 2.82. The maximum atomic E-state index is 11.7. The summed E-state index contributed by atoms with van der Waals surface area (Å²) >= 11 is 0. The van der Waals surface area contributed by atoms with Crippen LogP contribution in [0.25, 0.3) is 16.6 Å². The quantitative estimate of drug-likeness (QED) is 0.619. The highest BCUT2D eigenvalue weighted by Crippen LogP contribution is 2.18. The van der Waals surface area contributed by atoms with Gasteiger partial charge in [-0.25, -0.2) is 14.3 Å². The van der Waals surface area contributed by atoms with Crippen molar-refractivity contribution in [2.24, 2.45) is 0 Å². The summed E-state index contributed by atoms with van der Waals surface area (Å²) in [5, 5.41) is 7.56. The average molecular weight is 213 g/mol. The van der Waals surface area contributed by atoms with Gasteiger partial charge in [0.05, 0.1) is 5.52 Å². The number of H-pyrrole nitrogens is 1. The molecule has 0 radical (unpaired) electrons. The van der Waals surface area contributed by atoms with Gasteiger partial charge in [0.15, 0.2) is 5.65 Å². The molecule has 1 N–H and O–H groups in total. The molecule has 0 aliphatic carbocycles. The first-order valence-corrected chi connectivity index (χ1v) is 5.14. The molecule has 4 nitrogen and oxygen atoms in total. The number of hydrogen-bond donors (Lipinski definition) is 1. The van der Waals surface area contributed by atoms with Crippen LogP contribution < -0.4 is 5.69 Å². The fourth-order valence-electron chi connectivity index (χ4n) is 2.05. The predicted molar refractivity (Wildman–Crippen MR) is 62.8 cm³/mol. The van der Waals surface area contributed by atoms with E-state index in [-0.39, 0.29) is 5.69 Å². The Balaban J connectivity index is 2.69. The molecule has 3 rings (SSSR count). The molecule has 16 heavy (non-hydrogen) atoms. The van der Waals surface area contributed by atoms with Crippen molar-refractivity contribution in [2.45, 2.75) is 13.8 Å². The van der Waals surface area contributed by atoms with E-state index in [0.717, 1.165) is 22.0 Å². The van der Waals surface area contributed by atoms with E-state index in [9.17, 15) is 4.79 Å². The standard InChI is InChI=1S/C12H11N3O/c1-7-3-4-9-6-8(2)11-13-14-12(16)15(11)10(9)5-7/h3-6H,1-2H3,(H,14,16). The summed E-state index contributed by atoms with van der Waals surface area (Å²) in [5.74, 6) is 0. The smallest absolute Gasteiger partial charge is 0.246 e. The number of rotatable bonds is 0. The second-order valence-electron chi connectivity index (χ2n) is 4.08. The molecular weight excluding hydrogens is 202 g/mol. The average Bonchev–Trinajstić information content (AvgIpc) is 2.63. The second-order valence-corrected chi connectivity index (χ2v) is 4.08. The Hall–Kier alpha value is -2.10. The number of nitrogens with one attached hydrogen (secondary N) is 1. The SMILES string of the molecule is Cc1ccc2cc(C)c3n[nH]c(=O)n3c2c1. The van der Waals surface area contributed by atoms with Crippen molar-refractivity contribution >= 4 is 16.6 Å². The van der Waals surface area contributed by atoms with E-state index in [1.165, 1.54) is 0 Å². The third kappa shape index (κ3) is 1.10. The van der Waals surface area contributed by atoms with Crippen LogP contribution in [0.15, 0.2) is 29.1 Å². The minimum absolute atomic E-state index is 0.186. The summed E-state index contributed by atoms with van der Waals surface area (Å²) in [4.78, 5) is 11.7. The molecular formula is C12H11N3O. The molecule has 1 aromatic carbocycles. The van der Waals surface area contributed by atoms with Crippen molar-refractivity contribution in [1.29, 1.82) is 0 Å². The van der Waals surface area contributed by atoms with Gasteiger partial charge in [0.2, 0.25) is 0 Å². The zero-order valence-electron chi connectivity index (χ0n) is 9.11. The first-order chi connectivity index (χ1) is 7.66. The number of aromatic amines is 1. The van der Waals surface area contributed by atoms with Crippen LogP contribution in [0.5, 0.6) is 0 Å². The largest absolute Gasteiger partial charge is 0.348 e. The molecule has 80 valence electrons. The number of benzene rings is 1. The Bertz CT molecular complexity index is 752. The number of fused-ring (bicyclic) bond motifs is 3. The van der Waals surface area contributed by atoms with Gasteiger partial charge < -0.3 is 0 Å². The van der Waals surface area contributed by atoms with E-state index in [0.29, 0.717) is 5.65 Å². The molecule has 0 bridgehead atoms. The van der Waals surface area contributed by atoms with Crippen LogP contribution in [0, 0.1) is 13.8 Å². The fraction of sp³-hybridized carbons (Fsp3) is 0.167. The van der Waals surface area contributed by atoms with Gasteiger partial charge >= 0.3 is 5.69 Å². The van der Waals surface area contributed by atoms with E-state index in [1.807, 2.05) is 38.1 Å². The van der Waals surface area contributed by atoms with Crippen molar-refractivity contribution in [3.8, 4) is 0 Å². The van der Waals surface area contributed by atoms with E-state index in [2.05, 4.69) is 10.2 Å². The summed E-state index contributed by atoms with van der Waals surface area (Å²) in [6.07, 6.45) is 0. The molecule has 0 saturated heterocycles. The molecule has 0 fully saturated rings. The zero-order valence-corrected chi connectivity index (χ0v) is 9.11. The van der Waals surface area contributed by atoms with Crippen molar-refractivity contribution in [2.75, 3.05) is 0 Å². The summed E-state index contributed by atoms with van der Waals surface area (Å²) in [6, 6.07) is 8.11. The first kappa shape index (κ1) is 9.15. The highest BCUT2D eigenvalue weighted by Gasteiger charge is 2.07. The number of nitrogens with zero attached hydrogens (tertiary/aromatic N) is 2. The van der Waals surface area contributed by atoms with Gasteiger partial charge in [-0.15, -0.1) is 0 Å². The van der Waals surface area contributed by atoms with Crippen molar-refractivity contribution in [1.82, 2.24) is 14.6 Å². The molecule has 0 unspecified atom stereocenters. The van der Waals surface area contributed by atoms with Crippen LogP contribution in [-0.2, 0) is 0 Å². The molecule has 0 amide bonds. The summed E-state index contributed by atoms with van der Waals surface area (Å²) < 4.78 is 1.62. The lowest BCUT2D eigenvalue weighted by atomic mass is 10.1. The third-order valence-electron chi connectivity index (χ3n) is 2.82. The number of hydrogen-bond acceptors (Lipinski definition) is 2. The lowest BCUT2D eigenvalue weighted by Crippen LogP contribution is -2.10. The van der Waals surface area contributed by atoms with Crippen LogP contribution in [0.4, 0.5) is 0 Å². The Morgan fingerprint density at radius 3 is 2.88 bits per heavy atom. The van der Waals surface area contributed by atoms with Gasteiger partial charge in [-0.3, -0.25) is 0 Å². The Morgan fingerprint density at radius 1 is 1.25 bits per heavy atom. The van der Waals surface area contributed by atoms with Gasteiger partial charge in [-0.1, -0.05) is 12.1 Å². The van der Waals surface area contributed by atoms with Gasteiger partial charge in [-0.05, 0) is 42.5 Å². The van der Waals surface area contributed by atoms with Crippen molar-refractivity contribution in [3.05, 3.63) is 45.9 Å². The number of pyridine rings is 1. The molecule has 0 aliphatic rings. The van der Waals surface area contributed by atoms with Crippen LogP contribution in [0.3, 0.4) is 0 Å². The maximum absolute atomic E-state index is 11.7. The minimum atomic E-state index is -0.186. The molecule has 4 heteroatoms.